The standard InChI is InChI=1S/C24H16ClFINO4S/c1-31-20-11-15(10-19(27)22(20)32-13-14-3-2-4-17(26)9-14)12-21-23(29)28(24(30)33-21)18-7-5-16(25)6-8-18/h2-12H,13H2,1H3/b21-12+. The van der Waals surface area contributed by atoms with Crippen molar-refractivity contribution >= 4 is 68.9 Å². The average Bonchev–Trinajstić information content (AvgIpc) is 3.06. The first kappa shape index (κ1) is 23.6. The van der Waals surface area contributed by atoms with E-state index in [1.165, 1.54) is 19.2 Å². The maximum atomic E-state index is 13.4. The fourth-order valence-corrected chi connectivity index (χ4v) is 4.93. The van der Waals surface area contributed by atoms with E-state index in [1.54, 1.807) is 48.5 Å². The van der Waals surface area contributed by atoms with Crippen LogP contribution in [0, 0.1) is 9.39 Å². The van der Waals surface area contributed by atoms with Gasteiger partial charge >= 0.3 is 0 Å². The maximum absolute atomic E-state index is 13.4. The third-order valence-corrected chi connectivity index (χ3v) is 6.62. The molecule has 1 heterocycles. The molecule has 0 N–H and O–H groups in total. The molecule has 1 aliphatic heterocycles. The first-order valence-electron chi connectivity index (χ1n) is 9.64. The molecule has 3 aromatic carbocycles. The molecule has 0 bridgehead atoms. The van der Waals surface area contributed by atoms with Gasteiger partial charge in [0.05, 0.1) is 21.3 Å². The molecule has 0 atom stereocenters. The van der Waals surface area contributed by atoms with Crippen molar-refractivity contribution in [2.24, 2.45) is 0 Å². The van der Waals surface area contributed by atoms with Crippen LogP contribution in [0.1, 0.15) is 11.1 Å². The number of anilines is 1. The Hall–Kier alpha value is -2.56. The summed E-state index contributed by atoms with van der Waals surface area (Å²) in [7, 11) is 1.51. The summed E-state index contributed by atoms with van der Waals surface area (Å²) in [6.45, 7) is 0.170. The van der Waals surface area contributed by atoms with Gasteiger partial charge < -0.3 is 9.47 Å². The van der Waals surface area contributed by atoms with Gasteiger partial charge in [-0.25, -0.2) is 9.29 Å². The van der Waals surface area contributed by atoms with Gasteiger partial charge in [-0.1, -0.05) is 23.7 Å². The highest BCUT2D eigenvalue weighted by molar-refractivity contribution is 14.1. The summed E-state index contributed by atoms with van der Waals surface area (Å²) in [5.41, 5.74) is 1.82. The number of nitrogens with zero attached hydrogens (tertiary/aromatic N) is 1. The highest BCUT2D eigenvalue weighted by atomic mass is 127. The van der Waals surface area contributed by atoms with E-state index in [-0.39, 0.29) is 17.7 Å². The first-order chi connectivity index (χ1) is 15.9. The van der Waals surface area contributed by atoms with E-state index in [9.17, 15) is 14.0 Å². The van der Waals surface area contributed by atoms with Gasteiger partial charge in [-0.2, -0.15) is 0 Å². The van der Waals surface area contributed by atoms with Crippen molar-refractivity contribution in [2.45, 2.75) is 6.61 Å². The summed E-state index contributed by atoms with van der Waals surface area (Å²) < 4.78 is 25.5. The Morgan fingerprint density at radius 1 is 1.12 bits per heavy atom. The molecular formula is C24H16ClFINO4S. The SMILES string of the molecule is COc1cc(/C=C2/SC(=O)N(c3ccc(Cl)cc3)C2=O)cc(I)c1OCc1cccc(F)c1. The predicted octanol–water partition coefficient (Wildman–Crippen LogP) is 6.91. The maximum Gasteiger partial charge on any atom is 0.298 e. The smallest absolute Gasteiger partial charge is 0.298 e. The Morgan fingerprint density at radius 3 is 2.58 bits per heavy atom. The predicted molar refractivity (Wildman–Crippen MR) is 136 cm³/mol. The second-order valence-electron chi connectivity index (χ2n) is 6.95. The number of hydrogen-bond donors (Lipinski definition) is 0. The molecule has 9 heteroatoms. The monoisotopic (exact) mass is 595 g/mol. The van der Waals surface area contributed by atoms with E-state index in [0.29, 0.717) is 38.2 Å². The van der Waals surface area contributed by atoms with Crippen LogP contribution in [-0.4, -0.2) is 18.3 Å². The summed E-state index contributed by atoms with van der Waals surface area (Å²) in [6, 6.07) is 16.2. The number of rotatable bonds is 6. The van der Waals surface area contributed by atoms with E-state index < -0.39 is 5.91 Å². The summed E-state index contributed by atoms with van der Waals surface area (Å²) in [4.78, 5) is 26.8. The lowest BCUT2D eigenvalue weighted by Gasteiger charge is -2.14. The number of benzene rings is 3. The number of ether oxygens (including phenoxy) is 2. The van der Waals surface area contributed by atoms with Crippen molar-refractivity contribution in [3.8, 4) is 11.5 Å². The number of hydrogen-bond acceptors (Lipinski definition) is 5. The van der Waals surface area contributed by atoms with E-state index in [0.717, 1.165) is 20.2 Å². The summed E-state index contributed by atoms with van der Waals surface area (Å²) in [6.07, 6.45) is 1.64. The molecule has 3 aromatic rings. The Bertz CT molecular complexity index is 1270. The molecule has 5 nitrogen and oxygen atoms in total. The van der Waals surface area contributed by atoms with Crippen molar-refractivity contribution in [1.82, 2.24) is 0 Å². The molecule has 4 rings (SSSR count). The van der Waals surface area contributed by atoms with Gasteiger partial charge in [0.2, 0.25) is 0 Å². The molecule has 1 saturated heterocycles. The van der Waals surface area contributed by atoms with Crippen molar-refractivity contribution in [2.75, 3.05) is 12.0 Å². The van der Waals surface area contributed by atoms with Gasteiger partial charge in [-0.15, -0.1) is 0 Å². The molecule has 1 fully saturated rings. The summed E-state index contributed by atoms with van der Waals surface area (Å²) in [5, 5.41) is 0.132. The lowest BCUT2D eigenvalue weighted by atomic mass is 10.1. The van der Waals surface area contributed by atoms with Crippen molar-refractivity contribution in [3.05, 3.63) is 91.1 Å². The minimum Gasteiger partial charge on any atom is -0.493 e. The Labute approximate surface area is 212 Å². The van der Waals surface area contributed by atoms with Crippen LogP contribution in [0.15, 0.2) is 65.6 Å². The van der Waals surface area contributed by atoms with Crippen molar-refractivity contribution in [1.29, 1.82) is 0 Å². The third-order valence-electron chi connectivity index (χ3n) is 4.70. The topological polar surface area (TPSA) is 55.8 Å². The molecule has 168 valence electrons. The van der Waals surface area contributed by atoms with E-state index >= 15 is 0 Å². The number of carbonyl (C=O) groups excluding carboxylic acids is 2. The van der Waals surface area contributed by atoms with E-state index in [1.807, 2.05) is 6.07 Å². The molecule has 2 amide bonds. The first-order valence-corrected chi connectivity index (χ1v) is 11.9. The fourth-order valence-electron chi connectivity index (χ4n) is 3.18. The number of thioether (sulfide) groups is 1. The number of amides is 2. The molecule has 33 heavy (non-hydrogen) atoms. The number of halogens is 3. The van der Waals surface area contributed by atoms with Crippen molar-refractivity contribution in [3.63, 3.8) is 0 Å². The Balaban J connectivity index is 1.58. The quantitative estimate of drug-likeness (QED) is 0.229. The van der Waals surface area contributed by atoms with Crippen LogP contribution in [0.5, 0.6) is 11.5 Å². The molecular weight excluding hydrogens is 580 g/mol. The molecule has 0 radical (unpaired) electrons. The zero-order chi connectivity index (χ0) is 23.5. The molecule has 0 unspecified atom stereocenters. The van der Waals surface area contributed by atoms with Gasteiger partial charge in [-0.3, -0.25) is 9.59 Å². The largest absolute Gasteiger partial charge is 0.493 e. The average molecular weight is 596 g/mol. The van der Waals surface area contributed by atoms with Crippen LogP contribution in [-0.2, 0) is 11.4 Å². The fraction of sp³-hybridized carbons (Fsp3) is 0.0833. The Kier molecular flexibility index (Phi) is 7.26. The molecule has 0 spiro atoms. The highest BCUT2D eigenvalue weighted by Crippen LogP contribution is 2.39. The van der Waals surface area contributed by atoms with Crippen LogP contribution in [0.25, 0.3) is 6.08 Å². The number of methoxy groups -OCH3 is 1. The van der Waals surface area contributed by atoms with Crippen LogP contribution in [0.3, 0.4) is 0 Å². The van der Waals surface area contributed by atoms with E-state index in [4.69, 9.17) is 21.1 Å². The minimum atomic E-state index is -0.410. The van der Waals surface area contributed by atoms with Gasteiger partial charge in [0, 0.05) is 5.02 Å². The van der Waals surface area contributed by atoms with Crippen LogP contribution < -0.4 is 14.4 Å². The van der Waals surface area contributed by atoms with Crippen molar-refractivity contribution < 1.29 is 23.5 Å². The van der Waals surface area contributed by atoms with E-state index in [2.05, 4.69) is 22.6 Å². The number of carbonyl (C=O) groups is 2. The van der Waals surface area contributed by atoms with Crippen LogP contribution in [0.4, 0.5) is 14.9 Å². The third kappa shape index (κ3) is 5.34. The minimum absolute atomic E-state index is 0.170. The van der Waals surface area contributed by atoms with Gasteiger partial charge in [0.25, 0.3) is 11.1 Å². The highest BCUT2D eigenvalue weighted by Gasteiger charge is 2.36. The lowest BCUT2D eigenvalue weighted by Crippen LogP contribution is -2.27. The summed E-state index contributed by atoms with van der Waals surface area (Å²) in [5.74, 6) is 0.226. The van der Waals surface area contributed by atoms with Gasteiger partial charge in [0.15, 0.2) is 11.5 Å². The van der Waals surface area contributed by atoms with Gasteiger partial charge in [0.1, 0.15) is 12.4 Å². The second kappa shape index (κ2) is 10.1. The normalized spacial score (nSPS) is 14.8. The molecule has 1 aliphatic rings. The zero-order valence-corrected chi connectivity index (χ0v) is 20.9. The van der Waals surface area contributed by atoms with Crippen LogP contribution in [0.2, 0.25) is 5.02 Å². The molecule has 0 aliphatic carbocycles. The Morgan fingerprint density at radius 2 is 1.88 bits per heavy atom. The van der Waals surface area contributed by atoms with Crippen LogP contribution >= 0.6 is 46.0 Å². The zero-order valence-electron chi connectivity index (χ0n) is 17.2. The second-order valence-corrected chi connectivity index (χ2v) is 9.54. The number of imide groups is 1. The molecule has 0 aromatic heterocycles. The van der Waals surface area contributed by atoms with Gasteiger partial charge in [-0.05, 0) is 100 Å². The summed E-state index contributed by atoms with van der Waals surface area (Å²) >= 11 is 8.87. The lowest BCUT2D eigenvalue weighted by molar-refractivity contribution is -0.113. The molecule has 0 saturated carbocycles.